The van der Waals surface area contributed by atoms with E-state index < -0.39 is 0 Å². The van der Waals surface area contributed by atoms with Crippen molar-refractivity contribution in [2.45, 2.75) is 6.92 Å². The van der Waals surface area contributed by atoms with E-state index in [2.05, 4.69) is 21.2 Å². The Labute approximate surface area is 153 Å². The SMILES string of the molecule is COc1ccc(C(=O)Nc2cc3c(cc2C)n(C)c(=O)n3C)cc1Br. The number of anilines is 1. The summed E-state index contributed by atoms with van der Waals surface area (Å²) in [6, 6.07) is 8.86. The standard InChI is InChI=1S/C18H18BrN3O3/c1-10-7-14-15(22(3)18(24)21(14)2)9-13(10)20-17(23)11-5-6-16(25-4)12(19)8-11/h5-9H,1-4H3,(H,20,23). The number of nitrogens with zero attached hydrogens (tertiary/aromatic N) is 2. The van der Waals surface area contributed by atoms with Gasteiger partial charge in [-0.05, 0) is 58.7 Å². The van der Waals surface area contributed by atoms with E-state index in [1.165, 1.54) is 0 Å². The van der Waals surface area contributed by atoms with Crippen LogP contribution in [0.15, 0.2) is 39.6 Å². The maximum Gasteiger partial charge on any atom is 0.328 e. The molecule has 1 amide bonds. The average molecular weight is 404 g/mol. The van der Waals surface area contributed by atoms with Gasteiger partial charge in [0.2, 0.25) is 0 Å². The minimum atomic E-state index is -0.230. The quantitative estimate of drug-likeness (QED) is 0.729. The number of rotatable bonds is 3. The Morgan fingerprint density at radius 3 is 2.36 bits per heavy atom. The molecule has 7 heteroatoms. The van der Waals surface area contributed by atoms with Gasteiger partial charge >= 0.3 is 5.69 Å². The number of aryl methyl sites for hydroxylation is 3. The molecule has 6 nitrogen and oxygen atoms in total. The fraction of sp³-hybridized carbons (Fsp3) is 0.222. The van der Waals surface area contributed by atoms with Crippen LogP contribution in [0.3, 0.4) is 0 Å². The van der Waals surface area contributed by atoms with Crippen LogP contribution >= 0.6 is 15.9 Å². The number of ether oxygens (including phenoxy) is 1. The van der Waals surface area contributed by atoms with Crippen LogP contribution in [0.4, 0.5) is 5.69 Å². The summed E-state index contributed by atoms with van der Waals surface area (Å²) in [4.78, 5) is 24.6. The minimum Gasteiger partial charge on any atom is -0.496 e. The van der Waals surface area contributed by atoms with Crippen LogP contribution in [0.2, 0.25) is 0 Å². The second-order valence-corrected chi connectivity index (χ2v) is 6.71. The van der Waals surface area contributed by atoms with E-state index in [1.807, 2.05) is 19.1 Å². The summed E-state index contributed by atoms with van der Waals surface area (Å²) in [5, 5.41) is 2.91. The minimum absolute atomic E-state index is 0.100. The Morgan fingerprint density at radius 2 is 1.76 bits per heavy atom. The highest BCUT2D eigenvalue weighted by molar-refractivity contribution is 9.10. The topological polar surface area (TPSA) is 65.3 Å². The third-order valence-electron chi connectivity index (χ3n) is 4.28. The number of amides is 1. The molecule has 0 saturated carbocycles. The number of imidazole rings is 1. The molecule has 0 radical (unpaired) electrons. The summed E-state index contributed by atoms with van der Waals surface area (Å²) < 4.78 is 9.04. The molecule has 0 fully saturated rings. The van der Waals surface area contributed by atoms with Gasteiger partial charge < -0.3 is 10.1 Å². The normalized spacial score (nSPS) is 10.9. The van der Waals surface area contributed by atoms with Gasteiger partial charge in [-0.15, -0.1) is 0 Å². The molecule has 25 heavy (non-hydrogen) atoms. The van der Waals surface area contributed by atoms with Crippen molar-refractivity contribution in [3.05, 3.63) is 56.4 Å². The molecule has 1 aromatic heterocycles. The molecule has 0 spiro atoms. The van der Waals surface area contributed by atoms with Crippen molar-refractivity contribution in [2.75, 3.05) is 12.4 Å². The van der Waals surface area contributed by atoms with E-state index in [9.17, 15) is 9.59 Å². The Bertz CT molecular complexity index is 1050. The first-order valence-corrected chi connectivity index (χ1v) is 8.43. The van der Waals surface area contributed by atoms with Gasteiger partial charge in [-0.2, -0.15) is 0 Å². The number of hydrogen-bond acceptors (Lipinski definition) is 3. The fourth-order valence-electron chi connectivity index (χ4n) is 2.79. The molecule has 0 aliphatic rings. The molecule has 1 N–H and O–H groups in total. The zero-order valence-electron chi connectivity index (χ0n) is 14.4. The molecule has 0 saturated heterocycles. The monoisotopic (exact) mass is 403 g/mol. The van der Waals surface area contributed by atoms with Gasteiger partial charge in [0.05, 0.1) is 22.6 Å². The fourth-order valence-corrected chi connectivity index (χ4v) is 3.33. The molecule has 3 aromatic rings. The summed E-state index contributed by atoms with van der Waals surface area (Å²) in [5.74, 6) is 0.431. The molecule has 1 heterocycles. The number of fused-ring (bicyclic) bond motifs is 1. The number of carbonyl (C=O) groups excluding carboxylic acids is 1. The highest BCUT2D eigenvalue weighted by Crippen LogP contribution is 2.27. The first-order chi connectivity index (χ1) is 11.8. The van der Waals surface area contributed by atoms with E-state index >= 15 is 0 Å². The largest absolute Gasteiger partial charge is 0.496 e. The number of aromatic nitrogens is 2. The van der Waals surface area contributed by atoms with Crippen LogP contribution in [-0.4, -0.2) is 22.2 Å². The molecule has 0 bridgehead atoms. The van der Waals surface area contributed by atoms with Gasteiger partial charge in [0.25, 0.3) is 5.91 Å². The molecule has 2 aromatic carbocycles. The van der Waals surface area contributed by atoms with Crippen molar-refractivity contribution in [2.24, 2.45) is 14.1 Å². The zero-order chi connectivity index (χ0) is 18.3. The molecular formula is C18H18BrN3O3. The second-order valence-electron chi connectivity index (χ2n) is 5.86. The summed E-state index contributed by atoms with van der Waals surface area (Å²) >= 11 is 3.38. The predicted molar refractivity (Wildman–Crippen MR) is 102 cm³/mol. The summed E-state index contributed by atoms with van der Waals surface area (Å²) in [7, 11) is 5.02. The van der Waals surface area contributed by atoms with Crippen molar-refractivity contribution in [1.29, 1.82) is 0 Å². The van der Waals surface area contributed by atoms with Crippen LogP contribution < -0.4 is 15.7 Å². The number of benzene rings is 2. The van der Waals surface area contributed by atoms with Crippen molar-refractivity contribution in [3.8, 4) is 5.75 Å². The average Bonchev–Trinajstić information content (AvgIpc) is 2.79. The predicted octanol–water partition coefficient (Wildman–Crippen LogP) is 3.21. The van der Waals surface area contributed by atoms with Crippen molar-refractivity contribution >= 4 is 38.6 Å². The van der Waals surface area contributed by atoms with Gasteiger partial charge in [0, 0.05) is 25.3 Å². The van der Waals surface area contributed by atoms with Crippen LogP contribution in [0.25, 0.3) is 11.0 Å². The molecule has 0 aliphatic heterocycles. The lowest BCUT2D eigenvalue weighted by Crippen LogP contribution is -2.19. The van der Waals surface area contributed by atoms with E-state index in [4.69, 9.17) is 4.74 Å². The van der Waals surface area contributed by atoms with E-state index in [0.717, 1.165) is 16.6 Å². The molecule has 0 atom stereocenters. The Hall–Kier alpha value is -2.54. The second kappa shape index (κ2) is 6.40. The smallest absolute Gasteiger partial charge is 0.328 e. The van der Waals surface area contributed by atoms with Crippen molar-refractivity contribution in [3.63, 3.8) is 0 Å². The van der Waals surface area contributed by atoms with E-state index in [0.29, 0.717) is 21.5 Å². The molecule has 0 aliphatic carbocycles. The van der Waals surface area contributed by atoms with Crippen molar-refractivity contribution in [1.82, 2.24) is 9.13 Å². The number of nitrogens with one attached hydrogen (secondary N) is 1. The molecular weight excluding hydrogens is 386 g/mol. The van der Waals surface area contributed by atoms with Gasteiger partial charge in [-0.3, -0.25) is 13.9 Å². The number of methoxy groups -OCH3 is 1. The van der Waals surface area contributed by atoms with Gasteiger partial charge in [0.1, 0.15) is 5.75 Å². The highest BCUT2D eigenvalue weighted by Gasteiger charge is 2.14. The molecule has 130 valence electrons. The zero-order valence-corrected chi connectivity index (χ0v) is 16.0. The Kier molecular flexibility index (Phi) is 4.43. The third-order valence-corrected chi connectivity index (χ3v) is 4.90. The Morgan fingerprint density at radius 1 is 1.12 bits per heavy atom. The van der Waals surface area contributed by atoms with Crippen LogP contribution in [0, 0.1) is 6.92 Å². The lowest BCUT2D eigenvalue weighted by atomic mass is 10.1. The number of hydrogen-bond donors (Lipinski definition) is 1. The third kappa shape index (κ3) is 2.95. The first-order valence-electron chi connectivity index (χ1n) is 7.64. The Balaban J connectivity index is 1.98. The summed E-state index contributed by atoms with van der Waals surface area (Å²) in [6.45, 7) is 1.90. The van der Waals surface area contributed by atoms with Gasteiger partial charge in [-0.1, -0.05) is 0 Å². The number of halogens is 1. The first kappa shape index (κ1) is 17.3. The lowest BCUT2D eigenvalue weighted by Gasteiger charge is -2.11. The highest BCUT2D eigenvalue weighted by atomic mass is 79.9. The maximum absolute atomic E-state index is 12.6. The summed E-state index contributed by atoms with van der Waals surface area (Å²) in [6.07, 6.45) is 0. The van der Waals surface area contributed by atoms with E-state index in [-0.39, 0.29) is 11.6 Å². The number of carbonyl (C=O) groups is 1. The van der Waals surface area contributed by atoms with Crippen molar-refractivity contribution < 1.29 is 9.53 Å². The van der Waals surface area contributed by atoms with Crippen LogP contribution in [0.5, 0.6) is 5.75 Å². The molecule has 3 rings (SSSR count). The van der Waals surface area contributed by atoms with E-state index in [1.54, 1.807) is 48.5 Å². The lowest BCUT2D eigenvalue weighted by molar-refractivity contribution is 0.102. The van der Waals surface area contributed by atoms with Gasteiger partial charge in [-0.25, -0.2) is 4.79 Å². The summed E-state index contributed by atoms with van der Waals surface area (Å²) in [5.41, 5.74) is 3.56. The molecule has 0 unspecified atom stereocenters. The van der Waals surface area contributed by atoms with Crippen LogP contribution in [-0.2, 0) is 14.1 Å². The maximum atomic E-state index is 12.6. The van der Waals surface area contributed by atoms with Gasteiger partial charge in [0.15, 0.2) is 0 Å². The van der Waals surface area contributed by atoms with Crippen LogP contribution in [0.1, 0.15) is 15.9 Å².